The Bertz CT molecular complexity index is 233. The molecule has 1 aliphatic heterocycles. The Kier molecular flexibility index (Phi) is 3.30. The summed E-state index contributed by atoms with van der Waals surface area (Å²) in [7, 11) is 0. The van der Waals surface area contributed by atoms with E-state index in [0.29, 0.717) is 0 Å². The largest absolute Gasteiger partial charge is 0.312 e. The van der Waals surface area contributed by atoms with Gasteiger partial charge in [-0.1, -0.05) is 18.7 Å². The summed E-state index contributed by atoms with van der Waals surface area (Å²) in [6, 6.07) is 0. The lowest BCUT2D eigenvalue weighted by Crippen LogP contribution is -2.26. The van der Waals surface area contributed by atoms with Crippen molar-refractivity contribution in [3.63, 3.8) is 0 Å². The summed E-state index contributed by atoms with van der Waals surface area (Å²) in [6.07, 6.45) is 5.27. The molecule has 12 heavy (non-hydrogen) atoms. The maximum absolute atomic E-state index is 3.80. The number of hydrogen-bond donors (Lipinski definition) is 1. The highest BCUT2D eigenvalue weighted by molar-refractivity contribution is 5.40. The first-order valence-electron chi connectivity index (χ1n) is 4.48. The summed E-state index contributed by atoms with van der Waals surface area (Å²) in [5.74, 6) is 0. The van der Waals surface area contributed by atoms with E-state index in [-0.39, 0.29) is 0 Å². The summed E-state index contributed by atoms with van der Waals surface area (Å²) in [5, 5.41) is 3.36. The normalized spacial score (nSPS) is 25.7. The van der Waals surface area contributed by atoms with Gasteiger partial charge < -0.3 is 5.32 Å². The van der Waals surface area contributed by atoms with Crippen LogP contribution in [0.15, 0.2) is 35.5 Å². The van der Waals surface area contributed by atoms with Gasteiger partial charge in [0.25, 0.3) is 0 Å². The molecule has 1 rings (SSSR count). The van der Waals surface area contributed by atoms with Crippen molar-refractivity contribution in [3.8, 4) is 0 Å². The zero-order valence-corrected chi connectivity index (χ0v) is 7.98. The van der Waals surface area contributed by atoms with E-state index in [1.165, 1.54) is 16.7 Å². The fourth-order valence-corrected chi connectivity index (χ4v) is 1.55. The van der Waals surface area contributed by atoms with Crippen LogP contribution in [0.4, 0.5) is 0 Å². The number of piperidine rings is 1. The average Bonchev–Trinajstić information content (AvgIpc) is 2.16. The Morgan fingerprint density at radius 2 is 2.33 bits per heavy atom. The lowest BCUT2D eigenvalue weighted by molar-refractivity contribution is 0.678. The van der Waals surface area contributed by atoms with E-state index in [2.05, 4.69) is 31.8 Å². The maximum atomic E-state index is 3.80. The second-order valence-electron chi connectivity index (χ2n) is 3.11. The molecule has 1 heteroatoms. The molecular formula is C11H17N. The van der Waals surface area contributed by atoms with E-state index < -0.39 is 0 Å². The summed E-state index contributed by atoms with van der Waals surface area (Å²) in [6.45, 7) is 10.1. The summed E-state index contributed by atoms with van der Waals surface area (Å²) in [5.41, 5.74) is 4.23. The first-order chi connectivity index (χ1) is 5.79. The topological polar surface area (TPSA) is 12.0 Å². The average molecular weight is 163 g/mol. The summed E-state index contributed by atoms with van der Waals surface area (Å²) in [4.78, 5) is 0. The van der Waals surface area contributed by atoms with Gasteiger partial charge in [-0.15, -0.1) is 0 Å². The Morgan fingerprint density at radius 3 is 2.92 bits per heavy atom. The number of allylic oxidation sites excluding steroid dienone is 3. The molecule has 1 N–H and O–H groups in total. The third-order valence-corrected chi connectivity index (χ3v) is 2.39. The molecule has 0 spiro atoms. The second kappa shape index (κ2) is 4.27. The lowest BCUT2D eigenvalue weighted by atomic mass is 9.94. The Hall–Kier alpha value is -0.820. The fraction of sp³-hybridized carbons (Fsp3) is 0.455. The van der Waals surface area contributed by atoms with Crippen LogP contribution in [0.5, 0.6) is 0 Å². The van der Waals surface area contributed by atoms with Gasteiger partial charge in [-0.3, -0.25) is 0 Å². The zero-order chi connectivity index (χ0) is 8.97. The molecule has 0 amide bonds. The molecule has 1 saturated heterocycles. The SMILES string of the molecule is C=C/C(C)=C1/CCNC/C1=C/C. The molecular weight excluding hydrogens is 146 g/mol. The minimum atomic E-state index is 1.01. The molecule has 0 aromatic heterocycles. The zero-order valence-electron chi connectivity index (χ0n) is 7.98. The van der Waals surface area contributed by atoms with Crippen LogP contribution < -0.4 is 5.32 Å². The minimum Gasteiger partial charge on any atom is -0.312 e. The van der Waals surface area contributed by atoms with Crippen LogP contribution in [0.1, 0.15) is 20.3 Å². The molecule has 0 bridgehead atoms. The molecule has 0 saturated carbocycles. The van der Waals surface area contributed by atoms with E-state index >= 15 is 0 Å². The molecule has 0 unspecified atom stereocenters. The third kappa shape index (κ3) is 1.86. The van der Waals surface area contributed by atoms with E-state index in [4.69, 9.17) is 0 Å². The van der Waals surface area contributed by atoms with Gasteiger partial charge in [-0.05, 0) is 43.5 Å². The first kappa shape index (κ1) is 9.27. The molecule has 1 nitrogen and oxygen atoms in total. The van der Waals surface area contributed by atoms with Gasteiger partial charge in [0.05, 0.1) is 0 Å². The van der Waals surface area contributed by atoms with Crippen molar-refractivity contribution < 1.29 is 0 Å². The van der Waals surface area contributed by atoms with Crippen LogP contribution in [-0.4, -0.2) is 13.1 Å². The van der Waals surface area contributed by atoms with Crippen molar-refractivity contribution >= 4 is 0 Å². The monoisotopic (exact) mass is 163 g/mol. The van der Waals surface area contributed by atoms with Crippen LogP contribution in [0, 0.1) is 0 Å². The van der Waals surface area contributed by atoms with Crippen LogP contribution in [-0.2, 0) is 0 Å². The summed E-state index contributed by atoms with van der Waals surface area (Å²) >= 11 is 0. The van der Waals surface area contributed by atoms with E-state index in [0.717, 1.165) is 19.5 Å². The standard InChI is InChI=1S/C11H17N/c1-4-9(3)11-6-7-12-8-10(11)5-2/h4-5,12H,1,6-8H2,2-3H3/b10-5-,11-9-. The Morgan fingerprint density at radius 1 is 1.58 bits per heavy atom. The molecule has 0 aromatic rings. The molecule has 0 aliphatic carbocycles. The number of rotatable bonds is 1. The second-order valence-corrected chi connectivity index (χ2v) is 3.11. The van der Waals surface area contributed by atoms with Crippen molar-refractivity contribution in [1.29, 1.82) is 0 Å². The number of nitrogens with one attached hydrogen (secondary N) is 1. The van der Waals surface area contributed by atoms with Crippen LogP contribution >= 0.6 is 0 Å². The highest BCUT2D eigenvalue weighted by Crippen LogP contribution is 2.21. The van der Waals surface area contributed by atoms with Gasteiger partial charge in [0.15, 0.2) is 0 Å². The van der Waals surface area contributed by atoms with Crippen molar-refractivity contribution in [2.75, 3.05) is 13.1 Å². The van der Waals surface area contributed by atoms with Crippen molar-refractivity contribution in [3.05, 3.63) is 35.5 Å². The van der Waals surface area contributed by atoms with Gasteiger partial charge in [0.2, 0.25) is 0 Å². The highest BCUT2D eigenvalue weighted by atomic mass is 14.9. The lowest BCUT2D eigenvalue weighted by Gasteiger charge is -2.20. The quantitative estimate of drug-likeness (QED) is 0.626. The fourth-order valence-electron chi connectivity index (χ4n) is 1.55. The van der Waals surface area contributed by atoms with Crippen molar-refractivity contribution in [1.82, 2.24) is 5.32 Å². The van der Waals surface area contributed by atoms with E-state index in [1.54, 1.807) is 0 Å². The molecule has 1 fully saturated rings. The van der Waals surface area contributed by atoms with Crippen LogP contribution in [0.3, 0.4) is 0 Å². The highest BCUT2D eigenvalue weighted by Gasteiger charge is 2.10. The minimum absolute atomic E-state index is 1.01. The van der Waals surface area contributed by atoms with Gasteiger partial charge >= 0.3 is 0 Å². The first-order valence-corrected chi connectivity index (χ1v) is 4.48. The Balaban J connectivity index is 2.93. The smallest absolute Gasteiger partial charge is 0.0205 e. The molecule has 0 aromatic carbocycles. The van der Waals surface area contributed by atoms with Crippen molar-refractivity contribution in [2.45, 2.75) is 20.3 Å². The molecule has 0 radical (unpaired) electrons. The summed E-state index contributed by atoms with van der Waals surface area (Å²) < 4.78 is 0. The van der Waals surface area contributed by atoms with Gasteiger partial charge in [-0.25, -0.2) is 0 Å². The predicted octanol–water partition coefficient (Wildman–Crippen LogP) is 2.43. The van der Waals surface area contributed by atoms with Gasteiger partial charge in [-0.2, -0.15) is 0 Å². The van der Waals surface area contributed by atoms with E-state index in [1.807, 2.05) is 6.08 Å². The van der Waals surface area contributed by atoms with Crippen LogP contribution in [0.2, 0.25) is 0 Å². The van der Waals surface area contributed by atoms with Crippen molar-refractivity contribution in [2.24, 2.45) is 0 Å². The van der Waals surface area contributed by atoms with Gasteiger partial charge in [0.1, 0.15) is 0 Å². The molecule has 0 atom stereocenters. The molecule has 1 aliphatic rings. The predicted molar refractivity (Wildman–Crippen MR) is 54.1 cm³/mol. The molecule has 1 heterocycles. The van der Waals surface area contributed by atoms with E-state index in [9.17, 15) is 0 Å². The Labute approximate surface area is 74.9 Å². The third-order valence-electron chi connectivity index (χ3n) is 2.39. The van der Waals surface area contributed by atoms with Gasteiger partial charge in [0, 0.05) is 6.54 Å². The van der Waals surface area contributed by atoms with Crippen LogP contribution in [0.25, 0.3) is 0 Å². The maximum Gasteiger partial charge on any atom is 0.0205 e. The molecule has 66 valence electrons. The number of hydrogen-bond acceptors (Lipinski definition) is 1.